The normalized spacial score (nSPS) is 18.5. The van der Waals surface area contributed by atoms with Crippen LogP contribution < -0.4 is 5.46 Å². The summed E-state index contributed by atoms with van der Waals surface area (Å²) in [6, 6.07) is 0. The van der Waals surface area contributed by atoms with Gasteiger partial charge in [-0.25, -0.2) is 0 Å². The van der Waals surface area contributed by atoms with Gasteiger partial charge in [-0.2, -0.15) is 0 Å². The predicted molar refractivity (Wildman–Crippen MR) is 68.6 cm³/mol. The molecule has 1 aliphatic heterocycles. The Balaban J connectivity index is 2.56. The van der Waals surface area contributed by atoms with E-state index < -0.39 is 41.3 Å². The van der Waals surface area contributed by atoms with Crippen LogP contribution in [0.3, 0.4) is 0 Å². The van der Waals surface area contributed by atoms with Gasteiger partial charge in [-0.1, -0.05) is 0 Å². The van der Waals surface area contributed by atoms with Gasteiger partial charge in [0.15, 0.2) is 0 Å². The molecule has 0 spiro atoms. The van der Waals surface area contributed by atoms with Crippen LogP contribution in [0.15, 0.2) is 23.7 Å². The van der Waals surface area contributed by atoms with Crippen LogP contribution in [0.25, 0.3) is 0 Å². The van der Waals surface area contributed by atoms with E-state index in [0.717, 1.165) is 12.0 Å². The Bertz CT molecular complexity index is 582. The van der Waals surface area contributed by atoms with Crippen molar-refractivity contribution in [3.8, 4) is 0 Å². The van der Waals surface area contributed by atoms with Crippen LogP contribution in [-0.2, 0) is 0 Å². The monoisotopic (exact) mass is 278 g/mol. The maximum atomic E-state index is 13.8. The van der Waals surface area contributed by atoms with Gasteiger partial charge in [0.25, 0.3) is 0 Å². The third kappa shape index (κ3) is 2.47. The van der Waals surface area contributed by atoms with Crippen molar-refractivity contribution in [2.45, 2.75) is 17.8 Å². The summed E-state index contributed by atoms with van der Waals surface area (Å²) in [6.45, 7) is 1.05. The number of hydrogen-bond acceptors (Lipinski definition) is 0. The first-order valence-electron chi connectivity index (χ1n) is 6.28. The molecule has 0 bridgehead atoms. The Morgan fingerprint density at radius 1 is 1.00 bits per heavy atom. The molecule has 1 aromatic carbocycles. The van der Waals surface area contributed by atoms with Gasteiger partial charge in [0, 0.05) is 0 Å². The summed E-state index contributed by atoms with van der Waals surface area (Å²) >= 11 is 1.68. The zero-order valence-electron chi connectivity index (χ0n) is 11.0. The number of halogens is 5. The standard InChI is InChI=1S/C13H9BF5.Li/c1-2-7-3-5-14(6-4-7)8-9(15)11(17)13(19)12(18)10(8)16;/h3-6H,2H2,1H3;. The number of allylic oxidation sites excluding steroid dienone is 3. The molecule has 0 amide bonds. The summed E-state index contributed by atoms with van der Waals surface area (Å²) in [4.78, 5) is 0. The van der Waals surface area contributed by atoms with Crippen LogP contribution in [-0.4, -0.2) is 24.4 Å². The van der Waals surface area contributed by atoms with E-state index >= 15 is 0 Å². The van der Waals surface area contributed by atoms with Gasteiger partial charge in [0.05, 0.1) is 0 Å². The van der Waals surface area contributed by atoms with Crippen LogP contribution in [0.4, 0.5) is 22.0 Å². The van der Waals surface area contributed by atoms with E-state index in [0.29, 0.717) is 0 Å². The molecule has 1 unspecified atom stereocenters. The first kappa shape index (κ1) is 15.4. The first-order chi connectivity index (χ1) is 9.38. The average molecular weight is 278 g/mol. The zero-order chi connectivity index (χ0) is 15.0. The molecule has 0 saturated heterocycles. The molecular weight excluding hydrogens is 269 g/mol. The molecule has 100 valence electrons. The second-order valence-electron chi connectivity index (χ2n) is 4.82. The van der Waals surface area contributed by atoms with Crippen LogP contribution in [0.2, 0.25) is 4.49 Å². The molecule has 20 heavy (non-hydrogen) atoms. The predicted octanol–water partition coefficient (Wildman–Crippen LogP) is 3.03. The number of hydrogen-bond donors (Lipinski definition) is 0. The Morgan fingerprint density at radius 2 is 1.50 bits per heavy atom. The second-order valence-corrected chi connectivity index (χ2v) is 4.82. The van der Waals surface area contributed by atoms with Crippen LogP contribution in [0.1, 0.15) is 13.3 Å². The molecule has 1 aliphatic rings. The van der Waals surface area contributed by atoms with E-state index in [2.05, 4.69) is 0 Å². The van der Waals surface area contributed by atoms with Crippen molar-refractivity contribution >= 4 is 29.9 Å². The van der Waals surface area contributed by atoms with E-state index in [9.17, 15) is 22.0 Å². The molecule has 1 aromatic rings. The third-order valence-corrected chi connectivity index (χ3v) is 3.55. The topological polar surface area (TPSA) is 0 Å². The summed E-state index contributed by atoms with van der Waals surface area (Å²) in [7, 11) is 0. The zero-order valence-corrected chi connectivity index (χ0v) is 11.0. The fourth-order valence-corrected chi connectivity index (χ4v) is 2.41. The van der Waals surface area contributed by atoms with E-state index in [-0.39, 0.29) is 4.49 Å². The molecule has 1 atom stereocenters. The fraction of sp³-hybridized carbons (Fsp3) is 0.231. The Morgan fingerprint density at radius 3 is 1.95 bits per heavy atom. The molecule has 0 aromatic heterocycles. The van der Waals surface area contributed by atoms with Crippen molar-refractivity contribution < 1.29 is 22.0 Å². The summed E-state index contributed by atoms with van der Waals surface area (Å²) in [5.41, 5.74) is 0.203. The van der Waals surface area contributed by atoms with E-state index in [4.69, 9.17) is 0 Å². The minimum atomic E-state index is -2.12. The van der Waals surface area contributed by atoms with E-state index in [1.165, 1.54) is 5.98 Å². The number of rotatable bonds is 2. The molecule has 0 saturated carbocycles. The van der Waals surface area contributed by atoms with E-state index in [1.54, 1.807) is 29.9 Å². The molecule has 7 heteroatoms. The van der Waals surface area contributed by atoms with Crippen molar-refractivity contribution in [3.63, 3.8) is 0 Å². The Kier molecular flexibility index (Phi) is 4.46. The van der Waals surface area contributed by atoms with Crippen LogP contribution >= 0.6 is 0 Å². The molecule has 0 radical (unpaired) electrons. The van der Waals surface area contributed by atoms with E-state index in [1.807, 2.05) is 6.92 Å². The van der Waals surface area contributed by atoms with Crippen molar-refractivity contribution in [1.82, 2.24) is 0 Å². The Hall–Kier alpha value is -0.988. The van der Waals surface area contributed by atoms with Crippen molar-refractivity contribution in [2.24, 2.45) is 0 Å². The van der Waals surface area contributed by atoms with Gasteiger partial charge in [0.1, 0.15) is 0 Å². The average Bonchev–Trinajstić information content (AvgIpc) is 2.44. The minimum absolute atomic E-state index is 0.344. The van der Waals surface area contributed by atoms with Crippen LogP contribution in [0.5, 0.6) is 0 Å². The third-order valence-electron chi connectivity index (χ3n) is 3.55. The van der Waals surface area contributed by atoms with Gasteiger partial charge < -0.3 is 0 Å². The second kappa shape index (κ2) is 5.79. The molecule has 0 nitrogen and oxygen atoms in total. The summed E-state index contributed by atoms with van der Waals surface area (Å²) in [6.07, 6.45) is 4.18. The first-order valence-corrected chi connectivity index (χ1v) is 6.28. The SMILES string of the molecule is [Li][CH]1C=C(CC)C=CB1c1c(F)c(F)c(F)c(F)c1F. The summed E-state index contributed by atoms with van der Waals surface area (Å²) in [5.74, 6) is -7.94. The number of benzene rings is 1. The molecule has 1 heterocycles. The molecule has 0 aliphatic carbocycles. The molecule has 0 fully saturated rings. The molecule has 0 N–H and O–H groups in total. The quantitative estimate of drug-likeness (QED) is 0.337. The Labute approximate surface area is 123 Å². The van der Waals surface area contributed by atoms with Gasteiger partial charge >= 0.3 is 122 Å². The van der Waals surface area contributed by atoms with Gasteiger partial charge in [-0.3, -0.25) is 0 Å². The fourth-order valence-electron chi connectivity index (χ4n) is 2.41. The van der Waals surface area contributed by atoms with Crippen molar-refractivity contribution in [3.05, 3.63) is 52.8 Å². The summed E-state index contributed by atoms with van der Waals surface area (Å²) in [5, 5.41) is 0. The molecule has 2 rings (SSSR count). The maximum absolute atomic E-state index is 13.8. The summed E-state index contributed by atoms with van der Waals surface area (Å²) < 4.78 is 66.7. The van der Waals surface area contributed by atoms with Crippen molar-refractivity contribution in [2.75, 3.05) is 0 Å². The van der Waals surface area contributed by atoms with Crippen LogP contribution in [0, 0.1) is 29.1 Å². The molecular formula is C13H9BF5Li. The van der Waals surface area contributed by atoms with Gasteiger partial charge in [-0.15, -0.1) is 0 Å². The van der Waals surface area contributed by atoms with Gasteiger partial charge in [0.2, 0.25) is 0 Å². The van der Waals surface area contributed by atoms with Crippen molar-refractivity contribution in [1.29, 1.82) is 0 Å². The van der Waals surface area contributed by atoms with Gasteiger partial charge in [-0.05, 0) is 0 Å².